The van der Waals surface area contributed by atoms with E-state index in [-0.39, 0.29) is 11.9 Å². The number of rotatable bonds is 8. The molecule has 116 valence electrons. The maximum atomic E-state index is 12.2. The molecule has 0 aromatic rings. The molecule has 20 heavy (non-hydrogen) atoms. The van der Waals surface area contributed by atoms with Gasteiger partial charge in [0.15, 0.2) is 0 Å². The molecule has 3 nitrogen and oxygen atoms in total. The minimum atomic E-state index is 0.100. The van der Waals surface area contributed by atoms with Gasteiger partial charge in [-0.05, 0) is 43.6 Å². The quantitative estimate of drug-likeness (QED) is 0.671. The van der Waals surface area contributed by atoms with Crippen LogP contribution in [-0.2, 0) is 4.79 Å². The second kappa shape index (κ2) is 8.02. The van der Waals surface area contributed by atoms with E-state index in [2.05, 4.69) is 24.5 Å². The number of nitrogens with one attached hydrogen (secondary N) is 2. The number of hydrogen-bond acceptors (Lipinski definition) is 2. The van der Waals surface area contributed by atoms with Gasteiger partial charge in [0.05, 0.1) is 6.04 Å². The van der Waals surface area contributed by atoms with Crippen molar-refractivity contribution >= 4 is 5.91 Å². The molecule has 3 atom stereocenters. The monoisotopic (exact) mass is 280 g/mol. The molecule has 3 heteroatoms. The second-order valence-corrected chi connectivity index (χ2v) is 7.13. The number of carbonyl (C=O) groups is 1. The topological polar surface area (TPSA) is 41.1 Å². The van der Waals surface area contributed by atoms with Gasteiger partial charge in [-0.3, -0.25) is 4.79 Å². The summed E-state index contributed by atoms with van der Waals surface area (Å²) in [6, 6.07) is 0.100. The Bertz CT molecular complexity index is 303. The van der Waals surface area contributed by atoms with E-state index in [0.717, 1.165) is 31.3 Å². The van der Waals surface area contributed by atoms with Crippen LogP contribution in [0.4, 0.5) is 0 Å². The molecular formula is C17H32N2O. The van der Waals surface area contributed by atoms with E-state index >= 15 is 0 Å². The number of carbonyl (C=O) groups excluding carboxylic acids is 1. The van der Waals surface area contributed by atoms with E-state index in [1.165, 1.54) is 44.9 Å². The second-order valence-electron chi connectivity index (χ2n) is 7.13. The average Bonchev–Trinajstić information content (AvgIpc) is 2.99. The molecule has 0 bridgehead atoms. The van der Waals surface area contributed by atoms with Crippen LogP contribution in [0.1, 0.15) is 65.2 Å². The number of fused-ring (bicyclic) bond motifs is 1. The van der Waals surface area contributed by atoms with E-state index < -0.39 is 0 Å². The van der Waals surface area contributed by atoms with Crippen LogP contribution in [0, 0.1) is 17.8 Å². The van der Waals surface area contributed by atoms with E-state index in [0.29, 0.717) is 5.92 Å². The zero-order chi connectivity index (χ0) is 14.4. The highest BCUT2D eigenvalue weighted by atomic mass is 16.2. The van der Waals surface area contributed by atoms with Gasteiger partial charge < -0.3 is 10.6 Å². The lowest BCUT2D eigenvalue weighted by atomic mass is 9.93. The van der Waals surface area contributed by atoms with Crippen LogP contribution in [0.15, 0.2) is 0 Å². The lowest BCUT2D eigenvalue weighted by molar-refractivity contribution is -0.123. The van der Waals surface area contributed by atoms with Crippen LogP contribution in [0.25, 0.3) is 0 Å². The Morgan fingerprint density at radius 2 is 2.00 bits per heavy atom. The van der Waals surface area contributed by atoms with Gasteiger partial charge in [-0.1, -0.05) is 46.0 Å². The van der Waals surface area contributed by atoms with Crippen molar-refractivity contribution < 1.29 is 4.79 Å². The molecule has 0 radical (unpaired) electrons. The molecule has 1 aliphatic carbocycles. The first kappa shape index (κ1) is 15.8. The Morgan fingerprint density at radius 3 is 2.80 bits per heavy atom. The zero-order valence-electron chi connectivity index (χ0n) is 13.3. The highest BCUT2D eigenvalue weighted by molar-refractivity contribution is 5.82. The molecule has 1 heterocycles. The SMILES string of the molecule is CC(C)CCCCCCNC(=O)C1NCC2CCCC21. The summed E-state index contributed by atoms with van der Waals surface area (Å²) in [4.78, 5) is 12.2. The van der Waals surface area contributed by atoms with Gasteiger partial charge in [0.1, 0.15) is 0 Å². The highest BCUT2D eigenvalue weighted by Crippen LogP contribution is 2.37. The highest BCUT2D eigenvalue weighted by Gasteiger charge is 2.42. The van der Waals surface area contributed by atoms with Gasteiger partial charge >= 0.3 is 0 Å². The maximum absolute atomic E-state index is 12.2. The Morgan fingerprint density at radius 1 is 1.20 bits per heavy atom. The Hall–Kier alpha value is -0.570. The molecule has 3 unspecified atom stereocenters. The van der Waals surface area contributed by atoms with Crippen LogP contribution >= 0.6 is 0 Å². The van der Waals surface area contributed by atoms with Gasteiger partial charge in [0.2, 0.25) is 5.91 Å². The third kappa shape index (κ3) is 4.47. The maximum Gasteiger partial charge on any atom is 0.237 e. The van der Waals surface area contributed by atoms with Gasteiger partial charge in [0.25, 0.3) is 0 Å². The predicted molar refractivity (Wildman–Crippen MR) is 83.6 cm³/mol. The smallest absolute Gasteiger partial charge is 0.237 e. The molecule has 2 N–H and O–H groups in total. The fourth-order valence-corrected chi connectivity index (χ4v) is 3.83. The summed E-state index contributed by atoms with van der Waals surface area (Å²) < 4.78 is 0. The van der Waals surface area contributed by atoms with E-state index in [4.69, 9.17) is 0 Å². The predicted octanol–water partition coefficient (Wildman–Crippen LogP) is 3.10. The Kier molecular flexibility index (Phi) is 6.34. The van der Waals surface area contributed by atoms with Crippen molar-refractivity contribution in [3.05, 3.63) is 0 Å². The Balaban J connectivity index is 1.52. The summed E-state index contributed by atoms with van der Waals surface area (Å²) in [5, 5.41) is 6.56. The van der Waals surface area contributed by atoms with Gasteiger partial charge in [-0.15, -0.1) is 0 Å². The first-order valence-corrected chi connectivity index (χ1v) is 8.69. The van der Waals surface area contributed by atoms with Crippen LogP contribution in [0.3, 0.4) is 0 Å². The van der Waals surface area contributed by atoms with Crippen molar-refractivity contribution in [2.45, 2.75) is 71.3 Å². The van der Waals surface area contributed by atoms with E-state index in [9.17, 15) is 4.79 Å². The number of unbranched alkanes of at least 4 members (excludes halogenated alkanes) is 3. The summed E-state index contributed by atoms with van der Waals surface area (Å²) >= 11 is 0. The first-order valence-electron chi connectivity index (χ1n) is 8.69. The molecule has 2 aliphatic rings. The number of amides is 1. The Labute approximate surface area is 124 Å². The van der Waals surface area contributed by atoms with Crippen molar-refractivity contribution in [2.24, 2.45) is 17.8 Å². The minimum absolute atomic E-state index is 0.100. The molecule has 0 spiro atoms. The van der Waals surface area contributed by atoms with Crippen molar-refractivity contribution in [1.82, 2.24) is 10.6 Å². The van der Waals surface area contributed by atoms with Crippen molar-refractivity contribution in [3.8, 4) is 0 Å². The summed E-state index contributed by atoms with van der Waals surface area (Å²) in [5.74, 6) is 2.45. The fourth-order valence-electron chi connectivity index (χ4n) is 3.83. The molecule has 2 fully saturated rings. The number of hydrogen-bond donors (Lipinski definition) is 2. The molecular weight excluding hydrogens is 248 g/mol. The van der Waals surface area contributed by atoms with Gasteiger partial charge in [0, 0.05) is 6.54 Å². The summed E-state index contributed by atoms with van der Waals surface area (Å²) in [5.41, 5.74) is 0. The average molecular weight is 280 g/mol. The first-order chi connectivity index (χ1) is 9.68. The lowest BCUT2D eigenvalue weighted by Gasteiger charge is -2.17. The normalized spacial score (nSPS) is 28.9. The van der Waals surface area contributed by atoms with Crippen LogP contribution in [-0.4, -0.2) is 25.0 Å². The summed E-state index contributed by atoms with van der Waals surface area (Å²) in [6.45, 7) is 6.48. The van der Waals surface area contributed by atoms with Gasteiger partial charge in [-0.2, -0.15) is 0 Å². The minimum Gasteiger partial charge on any atom is -0.355 e. The van der Waals surface area contributed by atoms with Crippen molar-refractivity contribution in [3.63, 3.8) is 0 Å². The largest absolute Gasteiger partial charge is 0.355 e. The fraction of sp³-hybridized carbons (Fsp3) is 0.941. The third-order valence-electron chi connectivity index (χ3n) is 5.04. The molecule has 1 aliphatic heterocycles. The molecule has 1 amide bonds. The summed E-state index contributed by atoms with van der Waals surface area (Å²) in [7, 11) is 0. The van der Waals surface area contributed by atoms with E-state index in [1.807, 2.05) is 0 Å². The molecule has 1 saturated heterocycles. The zero-order valence-corrected chi connectivity index (χ0v) is 13.3. The van der Waals surface area contributed by atoms with Crippen molar-refractivity contribution in [2.75, 3.05) is 13.1 Å². The summed E-state index contributed by atoms with van der Waals surface area (Å²) in [6.07, 6.45) is 10.2. The third-order valence-corrected chi connectivity index (χ3v) is 5.04. The molecule has 2 rings (SSSR count). The van der Waals surface area contributed by atoms with Crippen LogP contribution in [0.5, 0.6) is 0 Å². The van der Waals surface area contributed by atoms with Crippen molar-refractivity contribution in [1.29, 1.82) is 0 Å². The van der Waals surface area contributed by atoms with Crippen LogP contribution in [0.2, 0.25) is 0 Å². The molecule has 0 aromatic carbocycles. The standard InChI is InChI=1S/C17H32N2O/c1-13(2)8-5-3-4-6-11-18-17(20)16-15-10-7-9-14(15)12-19-16/h13-16,19H,3-12H2,1-2H3,(H,18,20). The lowest BCUT2D eigenvalue weighted by Crippen LogP contribution is -2.44. The molecule has 1 saturated carbocycles. The van der Waals surface area contributed by atoms with E-state index in [1.54, 1.807) is 0 Å². The molecule has 0 aromatic heterocycles. The van der Waals surface area contributed by atoms with Crippen LogP contribution < -0.4 is 10.6 Å². The van der Waals surface area contributed by atoms with Gasteiger partial charge in [-0.25, -0.2) is 0 Å².